The molecule has 0 heterocycles. The van der Waals surface area contributed by atoms with Crippen molar-refractivity contribution >= 4 is 5.69 Å². The van der Waals surface area contributed by atoms with Gasteiger partial charge in [0, 0.05) is 0 Å². The van der Waals surface area contributed by atoms with Gasteiger partial charge < -0.3 is 0 Å². The monoisotopic (exact) mass is 163 g/mol. The lowest BCUT2D eigenvalue weighted by Gasteiger charge is -2.00. The van der Waals surface area contributed by atoms with E-state index >= 15 is 0 Å². The number of hydrogen-bond donors (Lipinski definition) is 0. The van der Waals surface area contributed by atoms with Crippen molar-refractivity contribution in [3.05, 3.63) is 34.7 Å². The molecule has 0 aliphatic carbocycles. The van der Waals surface area contributed by atoms with Gasteiger partial charge in [-0.1, -0.05) is 31.5 Å². The molecule has 1 rings (SSSR count). The van der Waals surface area contributed by atoms with Crippen molar-refractivity contribution in [1.82, 2.24) is 0 Å². The van der Waals surface area contributed by atoms with E-state index in [2.05, 4.69) is 12.1 Å². The molecule has 0 unspecified atom stereocenters. The minimum atomic E-state index is 0.589. The molecule has 0 saturated carbocycles. The van der Waals surface area contributed by atoms with Crippen LogP contribution in [0.25, 0.3) is 0 Å². The van der Waals surface area contributed by atoms with E-state index in [4.69, 9.17) is 0 Å². The summed E-state index contributed by atoms with van der Waals surface area (Å²) in [5.74, 6) is 0. The Hall–Kier alpha value is -1.18. The second kappa shape index (κ2) is 4.65. The van der Waals surface area contributed by atoms with E-state index in [9.17, 15) is 4.91 Å². The van der Waals surface area contributed by atoms with Gasteiger partial charge in [-0.15, -0.1) is 4.91 Å². The highest BCUT2D eigenvalue weighted by Crippen LogP contribution is 2.19. The number of rotatable bonds is 4. The van der Waals surface area contributed by atoms with E-state index in [0.29, 0.717) is 5.69 Å². The third-order valence-corrected chi connectivity index (χ3v) is 1.89. The molecule has 2 heteroatoms. The zero-order chi connectivity index (χ0) is 8.81. The second-order valence-corrected chi connectivity index (χ2v) is 2.82. The average molecular weight is 163 g/mol. The SMILES string of the molecule is CCCCc1ccccc1N=O. The summed E-state index contributed by atoms with van der Waals surface area (Å²) in [7, 11) is 0. The summed E-state index contributed by atoms with van der Waals surface area (Å²) < 4.78 is 0. The number of nitroso groups, excluding NO2 is 1. The fourth-order valence-electron chi connectivity index (χ4n) is 1.18. The number of benzene rings is 1. The van der Waals surface area contributed by atoms with Gasteiger partial charge in [-0.25, -0.2) is 0 Å². The molecule has 0 spiro atoms. The van der Waals surface area contributed by atoms with E-state index in [0.717, 1.165) is 24.8 Å². The first-order valence-corrected chi connectivity index (χ1v) is 4.29. The zero-order valence-electron chi connectivity index (χ0n) is 7.29. The normalized spacial score (nSPS) is 9.75. The van der Waals surface area contributed by atoms with Crippen molar-refractivity contribution in [2.75, 3.05) is 0 Å². The van der Waals surface area contributed by atoms with Crippen LogP contribution < -0.4 is 0 Å². The van der Waals surface area contributed by atoms with Gasteiger partial charge >= 0.3 is 0 Å². The highest BCUT2D eigenvalue weighted by molar-refractivity contribution is 5.45. The highest BCUT2D eigenvalue weighted by atomic mass is 16.3. The highest BCUT2D eigenvalue weighted by Gasteiger charge is 1.99. The van der Waals surface area contributed by atoms with Crippen LogP contribution in [0.1, 0.15) is 25.3 Å². The maximum absolute atomic E-state index is 10.3. The van der Waals surface area contributed by atoms with Crippen LogP contribution in [0.5, 0.6) is 0 Å². The number of unbranched alkanes of at least 4 members (excludes halogenated alkanes) is 1. The molecule has 0 N–H and O–H groups in total. The summed E-state index contributed by atoms with van der Waals surface area (Å²) in [4.78, 5) is 10.3. The van der Waals surface area contributed by atoms with Gasteiger partial charge in [0.1, 0.15) is 5.69 Å². The molecule has 64 valence electrons. The average Bonchev–Trinajstić information content (AvgIpc) is 2.15. The van der Waals surface area contributed by atoms with Crippen molar-refractivity contribution in [3.63, 3.8) is 0 Å². The van der Waals surface area contributed by atoms with E-state index in [1.807, 2.05) is 18.2 Å². The van der Waals surface area contributed by atoms with Crippen LogP contribution in [-0.4, -0.2) is 0 Å². The van der Waals surface area contributed by atoms with Crippen molar-refractivity contribution in [3.8, 4) is 0 Å². The summed E-state index contributed by atoms with van der Waals surface area (Å²) in [5.41, 5.74) is 1.65. The van der Waals surface area contributed by atoms with Crippen LogP contribution in [0.4, 0.5) is 5.69 Å². The Morgan fingerprint density at radius 2 is 2.08 bits per heavy atom. The number of aryl methyl sites for hydroxylation is 1. The Kier molecular flexibility index (Phi) is 3.45. The van der Waals surface area contributed by atoms with Crippen molar-refractivity contribution in [2.24, 2.45) is 5.18 Å². The summed E-state index contributed by atoms with van der Waals surface area (Å²) >= 11 is 0. The second-order valence-electron chi connectivity index (χ2n) is 2.82. The fourth-order valence-corrected chi connectivity index (χ4v) is 1.18. The minimum absolute atomic E-state index is 0.589. The maximum atomic E-state index is 10.3. The quantitative estimate of drug-likeness (QED) is 0.625. The molecule has 0 saturated heterocycles. The van der Waals surface area contributed by atoms with Crippen LogP contribution in [0.15, 0.2) is 29.4 Å². The topological polar surface area (TPSA) is 29.4 Å². The maximum Gasteiger partial charge on any atom is 0.111 e. The van der Waals surface area contributed by atoms with Gasteiger partial charge in [0.05, 0.1) is 0 Å². The van der Waals surface area contributed by atoms with Crippen LogP contribution in [0, 0.1) is 4.91 Å². The summed E-state index contributed by atoms with van der Waals surface area (Å²) in [6.07, 6.45) is 3.22. The molecule has 0 radical (unpaired) electrons. The third-order valence-electron chi connectivity index (χ3n) is 1.89. The Labute approximate surface area is 72.6 Å². The van der Waals surface area contributed by atoms with Gasteiger partial charge in [-0.3, -0.25) is 0 Å². The first-order valence-electron chi connectivity index (χ1n) is 4.29. The minimum Gasteiger partial charge on any atom is -0.145 e. The van der Waals surface area contributed by atoms with E-state index < -0.39 is 0 Å². The van der Waals surface area contributed by atoms with Crippen LogP contribution in [0.2, 0.25) is 0 Å². The van der Waals surface area contributed by atoms with Crippen LogP contribution in [0.3, 0.4) is 0 Å². The van der Waals surface area contributed by atoms with Crippen molar-refractivity contribution in [1.29, 1.82) is 0 Å². The predicted molar refractivity (Wildman–Crippen MR) is 50.5 cm³/mol. The van der Waals surface area contributed by atoms with Gasteiger partial charge in [0.25, 0.3) is 0 Å². The number of nitrogens with zero attached hydrogens (tertiary/aromatic N) is 1. The molecule has 1 aromatic rings. The van der Waals surface area contributed by atoms with E-state index in [-0.39, 0.29) is 0 Å². The van der Waals surface area contributed by atoms with Gasteiger partial charge in [0.2, 0.25) is 0 Å². The van der Waals surface area contributed by atoms with Crippen molar-refractivity contribution < 1.29 is 0 Å². The third kappa shape index (κ3) is 2.16. The zero-order valence-corrected chi connectivity index (χ0v) is 7.29. The van der Waals surface area contributed by atoms with Gasteiger partial charge in [-0.2, -0.15) is 0 Å². The smallest absolute Gasteiger partial charge is 0.111 e. The molecule has 2 nitrogen and oxygen atoms in total. The fraction of sp³-hybridized carbons (Fsp3) is 0.400. The van der Waals surface area contributed by atoms with Crippen LogP contribution >= 0.6 is 0 Å². The molecule has 0 aromatic heterocycles. The molecule has 0 atom stereocenters. The Balaban J connectivity index is 2.75. The molecule has 1 aromatic carbocycles. The predicted octanol–water partition coefficient (Wildman–Crippen LogP) is 3.43. The van der Waals surface area contributed by atoms with E-state index in [1.54, 1.807) is 6.07 Å². The molecular weight excluding hydrogens is 150 g/mol. The summed E-state index contributed by atoms with van der Waals surface area (Å²) in [6, 6.07) is 7.51. The molecule has 12 heavy (non-hydrogen) atoms. The Morgan fingerprint density at radius 3 is 2.75 bits per heavy atom. The van der Waals surface area contributed by atoms with E-state index in [1.165, 1.54) is 0 Å². The molecule has 0 aliphatic heterocycles. The Morgan fingerprint density at radius 1 is 1.33 bits per heavy atom. The first-order chi connectivity index (χ1) is 5.88. The molecule has 0 bridgehead atoms. The molecular formula is C10H13NO. The van der Waals surface area contributed by atoms with Crippen LogP contribution in [-0.2, 0) is 6.42 Å². The molecule has 0 fully saturated rings. The summed E-state index contributed by atoms with van der Waals surface area (Å²) in [5, 5.41) is 2.97. The number of hydrogen-bond acceptors (Lipinski definition) is 2. The van der Waals surface area contributed by atoms with Crippen molar-refractivity contribution in [2.45, 2.75) is 26.2 Å². The lowest BCUT2D eigenvalue weighted by atomic mass is 10.1. The summed E-state index contributed by atoms with van der Waals surface area (Å²) in [6.45, 7) is 2.14. The standard InChI is InChI=1S/C10H13NO/c1-2-3-6-9-7-4-5-8-10(9)11-12/h4-5,7-8H,2-3,6H2,1H3. The molecule has 0 amide bonds. The lowest BCUT2D eigenvalue weighted by Crippen LogP contribution is -1.84. The Bertz CT molecular complexity index is 258. The largest absolute Gasteiger partial charge is 0.145 e. The molecule has 0 aliphatic rings. The van der Waals surface area contributed by atoms with Gasteiger partial charge in [-0.05, 0) is 29.6 Å². The first kappa shape index (κ1) is 8.91. The lowest BCUT2D eigenvalue weighted by molar-refractivity contribution is 0.795. The van der Waals surface area contributed by atoms with Gasteiger partial charge in [0.15, 0.2) is 0 Å².